The van der Waals surface area contributed by atoms with Gasteiger partial charge in [0.1, 0.15) is 24.7 Å². The third-order valence-corrected chi connectivity index (χ3v) is 6.64. The lowest BCUT2D eigenvalue weighted by Gasteiger charge is -2.12. The van der Waals surface area contributed by atoms with Crippen molar-refractivity contribution in [3.63, 3.8) is 0 Å². The van der Waals surface area contributed by atoms with E-state index in [1.54, 1.807) is 30.5 Å². The molecule has 5 aromatic carbocycles. The number of amides is 1. The minimum Gasteiger partial charge on any atom is -0.489 e. The van der Waals surface area contributed by atoms with Crippen molar-refractivity contribution in [3.05, 3.63) is 142 Å². The molecule has 0 spiro atoms. The highest BCUT2D eigenvalue weighted by atomic mass is 35.5. The zero-order valence-corrected chi connectivity index (χ0v) is 22.2. The molecular weight excluding hydrogens is 508 g/mol. The molecule has 0 radical (unpaired) electrons. The Hall–Kier alpha value is -4.61. The predicted octanol–water partition coefficient (Wildman–Crippen LogP) is 7.72. The number of carbonyl (C=O) groups excluding carboxylic acids is 1. The largest absolute Gasteiger partial charge is 0.489 e. The standard InChI is InChI=1S/C33H27ClN2O3/c1-23-10-12-24(13-11-23)21-38-28-17-14-26(15-18-28)33(37)36-35-20-30-29-8-4-2-6-25(29)16-19-32(30)39-22-27-7-3-5-9-31(27)34/h2-20H,21-22H2,1H3,(H,36,37)/b35-20-. The van der Waals surface area contributed by atoms with Gasteiger partial charge in [-0.3, -0.25) is 4.79 Å². The number of carbonyl (C=O) groups is 1. The maximum absolute atomic E-state index is 12.7. The van der Waals surface area contributed by atoms with E-state index in [1.165, 1.54) is 5.56 Å². The lowest BCUT2D eigenvalue weighted by molar-refractivity contribution is 0.0955. The van der Waals surface area contributed by atoms with E-state index in [0.717, 1.165) is 27.5 Å². The zero-order valence-electron chi connectivity index (χ0n) is 21.4. The first-order valence-electron chi connectivity index (χ1n) is 12.6. The SMILES string of the molecule is Cc1ccc(COc2ccc(C(=O)N/N=C\c3c(OCc4ccccc4Cl)ccc4ccccc34)cc2)cc1. The van der Waals surface area contributed by atoms with Crippen LogP contribution in [0.25, 0.3) is 10.8 Å². The average Bonchev–Trinajstić information content (AvgIpc) is 2.97. The molecule has 39 heavy (non-hydrogen) atoms. The van der Waals surface area contributed by atoms with Crippen LogP contribution in [0.15, 0.2) is 114 Å². The molecule has 0 aliphatic heterocycles. The Balaban J connectivity index is 1.26. The van der Waals surface area contributed by atoms with E-state index in [4.69, 9.17) is 21.1 Å². The maximum atomic E-state index is 12.7. The van der Waals surface area contributed by atoms with Crippen LogP contribution in [0, 0.1) is 6.92 Å². The summed E-state index contributed by atoms with van der Waals surface area (Å²) >= 11 is 6.30. The van der Waals surface area contributed by atoms with Crippen LogP contribution >= 0.6 is 11.6 Å². The molecule has 0 unspecified atom stereocenters. The number of nitrogens with zero attached hydrogens (tertiary/aromatic N) is 1. The molecule has 0 saturated heterocycles. The maximum Gasteiger partial charge on any atom is 0.271 e. The Morgan fingerprint density at radius 2 is 1.56 bits per heavy atom. The molecule has 1 N–H and O–H groups in total. The Morgan fingerprint density at radius 3 is 2.36 bits per heavy atom. The second kappa shape index (κ2) is 12.3. The topological polar surface area (TPSA) is 59.9 Å². The first kappa shape index (κ1) is 26.0. The summed E-state index contributed by atoms with van der Waals surface area (Å²) in [6.07, 6.45) is 1.61. The molecule has 0 aromatic heterocycles. The molecule has 0 fully saturated rings. The van der Waals surface area contributed by atoms with E-state index in [9.17, 15) is 4.79 Å². The summed E-state index contributed by atoms with van der Waals surface area (Å²) < 4.78 is 12.0. The smallest absolute Gasteiger partial charge is 0.271 e. The van der Waals surface area contributed by atoms with Gasteiger partial charge in [-0.1, -0.05) is 90.0 Å². The van der Waals surface area contributed by atoms with Gasteiger partial charge in [-0.05, 0) is 59.7 Å². The number of aryl methyl sites for hydroxylation is 1. The monoisotopic (exact) mass is 534 g/mol. The highest BCUT2D eigenvalue weighted by Crippen LogP contribution is 2.28. The summed E-state index contributed by atoms with van der Waals surface area (Å²) in [5, 5.41) is 6.89. The highest BCUT2D eigenvalue weighted by Gasteiger charge is 2.10. The fourth-order valence-corrected chi connectivity index (χ4v) is 4.27. The van der Waals surface area contributed by atoms with E-state index in [0.29, 0.717) is 35.3 Å². The van der Waals surface area contributed by atoms with Gasteiger partial charge in [-0.15, -0.1) is 0 Å². The first-order chi connectivity index (χ1) is 19.1. The van der Waals surface area contributed by atoms with Crippen LogP contribution in [0.4, 0.5) is 0 Å². The van der Waals surface area contributed by atoms with E-state index in [2.05, 4.69) is 29.6 Å². The third kappa shape index (κ3) is 6.64. The number of ether oxygens (including phenoxy) is 2. The molecule has 5 rings (SSSR count). The molecule has 0 bridgehead atoms. The number of halogens is 1. The van der Waals surface area contributed by atoms with Crippen molar-refractivity contribution in [2.24, 2.45) is 5.10 Å². The number of rotatable bonds is 9. The molecule has 194 valence electrons. The minimum atomic E-state index is -0.324. The summed E-state index contributed by atoms with van der Waals surface area (Å²) in [5.74, 6) is 1.00. The second-order valence-electron chi connectivity index (χ2n) is 9.08. The summed E-state index contributed by atoms with van der Waals surface area (Å²) in [6, 6.07) is 34.6. The predicted molar refractivity (Wildman–Crippen MR) is 157 cm³/mol. The molecule has 5 nitrogen and oxygen atoms in total. The van der Waals surface area contributed by atoms with Gasteiger partial charge in [0, 0.05) is 21.7 Å². The average molecular weight is 535 g/mol. The van der Waals surface area contributed by atoms with Gasteiger partial charge in [0.2, 0.25) is 0 Å². The summed E-state index contributed by atoms with van der Waals surface area (Å²) in [5.41, 5.74) is 7.03. The molecule has 5 aromatic rings. The van der Waals surface area contributed by atoms with E-state index in [1.807, 2.05) is 72.8 Å². The van der Waals surface area contributed by atoms with Crippen molar-refractivity contribution in [1.29, 1.82) is 0 Å². The number of fused-ring (bicyclic) bond motifs is 1. The molecule has 0 aliphatic carbocycles. The van der Waals surface area contributed by atoms with Crippen LogP contribution in [0.3, 0.4) is 0 Å². The molecule has 0 atom stereocenters. The number of hydrazone groups is 1. The van der Waals surface area contributed by atoms with Crippen LogP contribution in [0.2, 0.25) is 5.02 Å². The van der Waals surface area contributed by atoms with Gasteiger partial charge >= 0.3 is 0 Å². The molecule has 1 amide bonds. The molecular formula is C33H27ClN2O3. The summed E-state index contributed by atoms with van der Waals surface area (Å²) in [6.45, 7) is 2.82. The highest BCUT2D eigenvalue weighted by molar-refractivity contribution is 6.31. The normalized spacial score (nSPS) is 11.0. The minimum absolute atomic E-state index is 0.309. The van der Waals surface area contributed by atoms with Crippen molar-refractivity contribution >= 4 is 34.5 Å². The van der Waals surface area contributed by atoms with Crippen LogP contribution in [-0.2, 0) is 13.2 Å². The second-order valence-corrected chi connectivity index (χ2v) is 9.48. The lowest BCUT2D eigenvalue weighted by Crippen LogP contribution is -2.17. The van der Waals surface area contributed by atoms with E-state index < -0.39 is 0 Å². The number of hydrogen-bond donors (Lipinski definition) is 1. The molecule has 6 heteroatoms. The van der Waals surface area contributed by atoms with E-state index in [-0.39, 0.29) is 5.91 Å². The third-order valence-electron chi connectivity index (χ3n) is 6.27. The van der Waals surface area contributed by atoms with Crippen molar-refractivity contribution in [3.8, 4) is 11.5 Å². The fraction of sp³-hybridized carbons (Fsp3) is 0.0909. The quantitative estimate of drug-likeness (QED) is 0.155. The van der Waals surface area contributed by atoms with E-state index >= 15 is 0 Å². The van der Waals surface area contributed by atoms with Gasteiger partial charge in [0.05, 0.1) is 6.21 Å². The van der Waals surface area contributed by atoms with Gasteiger partial charge < -0.3 is 9.47 Å². The van der Waals surface area contributed by atoms with Crippen molar-refractivity contribution < 1.29 is 14.3 Å². The first-order valence-corrected chi connectivity index (χ1v) is 12.9. The van der Waals surface area contributed by atoms with Crippen molar-refractivity contribution in [1.82, 2.24) is 5.43 Å². The molecule has 0 heterocycles. The van der Waals surface area contributed by atoms with Crippen LogP contribution < -0.4 is 14.9 Å². The summed E-state index contributed by atoms with van der Waals surface area (Å²) in [4.78, 5) is 12.7. The van der Waals surface area contributed by atoms with Crippen molar-refractivity contribution in [2.45, 2.75) is 20.1 Å². The molecule has 0 aliphatic rings. The van der Waals surface area contributed by atoms with Crippen LogP contribution in [0.5, 0.6) is 11.5 Å². The Kier molecular flexibility index (Phi) is 8.20. The van der Waals surface area contributed by atoms with Crippen LogP contribution in [0.1, 0.15) is 32.6 Å². The Labute approximate surface area is 232 Å². The zero-order chi connectivity index (χ0) is 27.0. The van der Waals surface area contributed by atoms with Crippen molar-refractivity contribution in [2.75, 3.05) is 0 Å². The number of benzene rings is 5. The fourth-order valence-electron chi connectivity index (χ4n) is 4.08. The Bertz CT molecular complexity index is 1610. The lowest BCUT2D eigenvalue weighted by atomic mass is 10.0. The summed E-state index contributed by atoms with van der Waals surface area (Å²) in [7, 11) is 0. The van der Waals surface area contributed by atoms with Crippen LogP contribution in [-0.4, -0.2) is 12.1 Å². The number of nitrogens with one attached hydrogen (secondary N) is 1. The van der Waals surface area contributed by atoms with Gasteiger partial charge in [0.15, 0.2) is 0 Å². The number of hydrogen-bond acceptors (Lipinski definition) is 4. The Morgan fingerprint density at radius 1 is 0.821 bits per heavy atom. The van der Waals surface area contributed by atoms with Gasteiger partial charge in [-0.2, -0.15) is 5.10 Å². The molecule has 0 saturated carbocycles. The van der Waals surface area contributed by atoms with Gasteiger partial charge in [-0.25, -0.2) is 5.43 Å². The van der Waals surface area contributed by atoms with Gasteiger partial charge in [0.25, 0.3) is 5.91 Å².